The Morgan fingerprint density at radius 3 is 3.00 bits per heavy atom. The molecule has 0 fully saturated rings. The van der Waals surface area contributed by atoms with Crippen LogP contribution in [0.15, 0.2) is 29.4 Å². The normalized spacial score (nSPS) is 21.6. The second-order valence-electron chi connectivity index (χ2n) is 3.53. The molecule has 13 heavy (non-hydrogen) atoms. The van der Waals surface area contributed by atoms with E-state index < -0.39 is 0 Å². The van der Waals surface area contributed by atoms with Gasteiger partial charge in [0.05, 0.1) is 5.71 Å². The lowest BCUT2D eigenvalue weighted by molar-refractivity contribution is 0.316. The summed E-state index contributed by atoms with van der Waals surface area (Å²) in [4.78, 5) is 0. The van der Waals surface area contributed by atoms with E-state index in [2.05, 4.69) is 23.4 Å². The van der Waals surface area contributed by atoms with Crippen molar-refractivity contribution < 1.29 is 5.21 Å². The van der Waals surface area contributed by atoms with Gasteiger partial charge in [-0.3, -0.25) is 0 Å². The molecule has 1 atom stereocenters. The first-order chi connectivity index (χ1) is 6.33. The second-order valence-corrected chi connectivity index (χ2v) is 3.53. The summed E-state index contributed by atoms with van der Waals surface area (Å²) in [5, 5.41) is 12.0. The fraction of sp³-hybridized carbons (Fsp3) is 0.364. The van der Waals surface area contributed by atoms with Crippen LogP contribution in [0.4, 0.5) is 0 Å². The molecule has 0 heterocycles. The van der Waals surface area contributed by atoms with Gasteiger partial charge in [-0.25, -0.2) is 0 Å². The van der Waals surface area contributed by atoms with Gasteiger partial charge in [-0.05, 0) is 30.9 Å². The SMILES string of the molecule is C/C(=N\O)C1CCc2ccccc21. The Bertz CT molecular complexity index is 344. The number of benzene rings is 1. The quantitative estimate of drug-likeness (QED) is 0.397. The molecule has 1 aromatic rings. The molecular weight excluding hydrogens is 162 g/mol. The zero-order valence-corrected chi connectivity index (χ0v) is 7.70. The van der Waals surface area contributed by atoms with Gasteiger partial charge in [0.2, 0.25) is 0 Å². The largest absolute Gasteiger partial charge is 0.411 e. The molecule has 2 heteroatoms. The molecule has 0 spiro atoms. The van der Waals surface area contributed by atoms with Crippen LogP contribution in [-0.2, 0) is 6.42 Å². The van der Waals surface area contributed by atoms with Crippen molar-refractivity contribution in [2.45, 2.75) is 25.7 Å². The predicted octanol–water partition coefficient (Wildman–Crippen LogP) is 2.57. The molecule has 1 unspecified atom stereocenters. The fourth-order valence-corrected chi connectivity index (χ4v) is 2.06. The standard InChI is InChI=1S/C11H13NO/c1-8(12-13)10-7-6-9-4-2-3-5-11(9)10/h2-5,10,13H,6-7H2,1H3/b12-8+. The van der Waals surface area contributed by atoms with Crippen LogP contribution in [0.3, 0.4) is 0 Å². The summed E-state index contributed by atoms with van der Waals surface area (Å²) in [5.41, 5.74) is 3.55. The monoisotopic (exact) mass is 175 g/mol. The number of hydrogen-bond acceptors (Lipinski definition) is 2. The Morgan fingerprint density at radius 2 is 2.23 bits per heavy atom. The number of fused-ring (bicyclic) bond motifs is 1. The van der Waals surface area contributed by atoms with E-state index in [0.717, 1.165) is 18.6 Å². The van der Waals surface area contributed by atoms with Crippen molar-refractivity contribution in [3.63, 3.8) is 0 Å². The van der Waals surface area contributed by atoms with Gasteiger partial charge in [0, 0.05) is 5.92 Å². The zero-order chi connectivity index (χ0) is 9.26. The van der Waals surface area contributed by atoms with E-state index in [-0.39, 0.29) is 0 Å². The van der Waals surface area contributed by atoms with Gasteiger partial charge < -0.3 is 5.21 Å². The van der Waals surface area contributed by atoms with Crippen molar-refractivity contribution >= 4 is 5.71 Å². The molecule has 1 aliphatic rings. The molecule has 1 N–H and O–H groups in total. The smallest absolute Gasteiger partial charge is 0.0614 e. The van der Waals surface area contributed by atoms with E-state index in [9.17, 15) is 0 Å². The van der Waals surface area contributed by atoms with Crippen LogP contribution in [0.1, 0.15) is 30.4 Å². The molecule has 0 bridgehead atoms. The summed E-state index contributed by atoms with van der Waals surface area (Å²) in [6.45, 7) is 1.88. The second kappa shape index (κ2) is 3.21. The van der Waals surface area contributed by atoms with Crippen LogP contribution in [0.5, 0.6) is 0 Å². The van der Waals surface area contributed by atoms with Crippen LogP contribution in [0.2, 0.25) is 0 Å². The Kier molecular flexibility index (Phi) is 2.05. The Morgan fingerprint density at radius 1 is 1.46 bits per heavy atom. The molecule has 0 amide bonds. The summed E-state index contributed by atoms with van der Waals surface area (Å²) >= 11 is 0. The highest BCUT2D eigenvalue weighted by atomic mass is 16.4. The van der Waals surface area contributed by atoms with Gasteiger partial charge in [0.1, 0.15) is 0 Å². The average molecular weight is 175 g/mol. The van der Waals surface area contributed by atoms with Crippen molar-refractivity contribution in [2.24, 2.45) is 5.16 Å². The summed E-state index contributed by atoms with van der Waals surface area (Å²) in [6.07, 6.45) is 2.18. The molecule has 0 aliphatic heterocycles. The van der Waals surface area contributed by atoms with Gasteiger partial charge in [-0.15, -0.1) is 0 Å². The first-order valence-electron chi connectivity index (χ1n) is 4.59. The van der Waals surface area contributed by atoms with Gasteiger partial charge in [-0.1, -0.05) is 29.4 Å². The highest BCUT2D eigenvalue weighted by Gasteiger charge is 2.24. The number of rotatable bonds is 1. The van der Waals surface area contributed by atoms with E-state index in [4.69, 9.17) is 5.21 Å². The van der Waals surface area contributed by atoms with Gasteiger partial charge in [-0.2, -0.15) is 0 Å². The summed E-state index contributed by atoms with van der Waals surface area (Å²) in [6, 6.07) is 8.39. The molecule has 0 saturated carbocycles. The summed E-state index contributed by atoms with van der Waals surface area (Å²) in [7, 11) is 0. The maximum atomic E-state index is 8.71. The first-order valence-corrected chi connectivity index (χ1v) is 4.59. The van der Waals surface area contributed by atoms with E-state index in [1.165, 1.54) is 11.1 Å². The molecule has 68 valence electrons. The number of hydrogen-bond donors (Lipinski definition) is 1. The van der Waals surface area contributed by atoms with E-state index in [1.807, 2.05) is 13.0 Å². The van der Waals surface area contributed by atoms with E-state index >= 15 is 0 Å². The molecule has 0 saturated heterocycles. The maximum Gasteiger partial charge on any atom is 0.0614 e. The molecule has 2 nitrogen and oxygen atoms in total. The minimum Gasteiger partial charge on any atom is -0.411 e. The summed E-state index contributed by atoms with van der Waals surface area (Å²) in [5.74, 6) is 0.334. The molecular formula is C11H13NO. The first kappa shape index (κ1) is 8.30. The minimum atomic E-state index is 0.334. The molecule has 0 aromatic heterocycles. The number of nitrogens with zero attached hydrogens (tertiary/aromatic N) is 1. The van der Waals surface area contributed by atoms with Crippen molar-refractivity contribution in [1.29, 1.82) is 0 Å². The third-order valence-electron chi connectivity index (χ3n) is 2.79. The Hall–Kier alpha value is -1.31. The van der Waals surface area contributed by atoms with Gasteiger partial charge in [0.15, 0.2) is 0 Å². The van der Waals surface area contributed by atoms with Gasteiger partial charge >= 0.3 is 0 Å². The van der Waals surface area contributed by atoms with Crippen molar-refractivity contribution in [1.82, 2.24) is 0 Å². The third kappa shape index (κ3) is 1.32. The van der Waals surface area contributed by atoms with Gasteiger partial charge in [0.25, 0.3) is 0 Å². The number of oxime groups is 1. The van der Waals surface area contributed by atoms with Crippen LogP contribution in [0, 0.1) is 0 Å². The van der Waals surface area contributed by atoms with E-state index in [0.29, 0.717) is 5.92 Å². The molecule has 1 aromatic carbocycles. The highest BCUT2D eigenvalue weighted by Crippen LogP contribution is 2.33. The van der Waals surface area contributed by atoms with Crippen LogP contribution < -0.4 is 0 Å². The summed E-state index contributed by atoms with van der Waals surface area (Å²) < 4.78 is 0. The fourth-order valence-electron chi connectivity index (χ4n) is 2.06. The van der Waals surface area contributed by atoms with E-state index in [1.54, 1.807) is 0 Å². The zero-order valence-electron chi connectivity index (χ0n) is 7.70. The van der Waals surface area contributed by atoms with Crippen LogP contribution >= 0.6 is 0 Å². The highest BCUT2D eigenvalue weighted by molar-refractivity contribution is 5.89. The van der Waals surface area contributed by atoms with Crippen molar-refractivity contribution in [3.8, 4) is 0 Å². The molecule has 1 aliphatic carbocycles. The Labute approximate surface area is 77.9 Å². The topological polar surface area (TPSA) is 32.6 Å². The van der Waals surface area contributed by atoms with Crippen LogP contribution in [0.25, 0.3) is 0 Å². The number of aryl methyl sites for hydroxylation is 1. The van der Waals surface area contributed by atoms with Crippen molar-refractivity contribution in [2.75, 3.05) is 0 Å². The molecule has 0 radical (unpaired) electrons. The average Bonchev–Trinajstić information content (AvgIpc) is 2.60. The van der Waals surface area contributed by atoms with Crippen molar-refractivity contribution in [3.05, 3.63) is 35.4 Å². The third-order valence-corrected chi connectivity index (χ3v) is 2.79. The predicted molar refractivity (Wildman–Crippen MR) is 52.4 cm³/mol. The maximum absolute atomic E-state index is 8.71. The van der Waals surface area contributed by atoms with Crippen LogP contribution in [-0.4, -0.2) is 10.9 Å². The Balaban J connectivity index is 2.39. The molecule has 2 rings (SSSR count). The minimum absolute atomic E-state index is 0.334. The lowest BCUT2D eigenvalue weighted by Crippen LogP contribution is -2.05. The lowest BCUT2D eigenvalue weighted by atomic mass is 9.97. The lowest BCUT2D eigenvalue weighted by Gasteiger charge is -2.08.